The van der Waals surface area contributed by atoms with Crippen LogP contribution >= 0.6 is 12.4 Å². The summed E-state index contributed by atoms with van der Waals surface area (Å²) in [6, 6.07) is 4.89. The van der Waals surface area contributed by atoms with E-state index >= 15 is 0 Å². The van der Waals surface area contributed by atoms with E-state index in [1.807, 2.05) is 7.05 Å². The molecule has 0 saturated heterocycles. The van der Waals surface area contributed by atoms with Gasteiger partial charge >= 0.3 is 0 Å². The van der Waals surface area contributed by atoms with Gasteiger partial charge in [-0.05, 0) is 49.6 Å². The maximum absolute atomic E-state index is 5.39. The number of fused-ring (bicyclic) bond motifs is 2. The number of benzene rings is 1. The van der Waals surface area contributed by atoms with Gasteiger partial charge in [-0.1, -0.05) is 0 Å². The van der Waals surface area contributed by atoms with E-state index in [9.17, 15) is 0 Å². The van der Waals surface area contributed by atoms with E-state index in [4.69, 9.17) is 9.47 Å². The SMILES string of the molecule is CNC1CCc2cc3c(cc2C1)OCO3.Cl. The van der Waals surface area contributed by atoms with Crippen molar-refractivity contribution >= 4 is 12.4 Å². The summed E-state index contributed by atoms with van der Waals surface area (Å²) in [7, 11) is 2.03. The first-order valence-electron chi connectivity index (χ1n) is 5.45. The second-order valence-electron chi connectivity index (χ2n) is 4.20. The first-order chi connectivity index (χ1) is 7.36. The molecular weight excluding hydrogens is 226 g/mol. The molecule has 0 fully saturated rings. The van der Waals surface area contributed by atoms with Crippen molar-refractivity contribution in [2.45, 2.75) is 25.3 Å². The smallest absolute Gasteiger partial charge is 0.231 e. The van der Waals surface area contributed by atoms with E-state index in [1.54, 1.807) is 0 Å². The Labute approximate surface area is 102 Å². The van der Waals surface area contributed by atoms with Crippen molar-refractivity contribution < 1.29 is 9.47 Å². The molecule has 1 aliphatic heterocycles. The Morgan fingerprint density at radius 1 is 1.19 bits per heavy atom. The van der Waals surface area contributed by atoms with Crippen LogP contribution in [0.2, 0.25) is 0 Å². The molecule has 4 heteroatoms. The van der Waals surface area contributed by atoms with E-state index in [-0.39, 0.29) is 12.4 Å². The lowest BCUT2D eigenvalue weighted by Crippen LogP contribution is -2.31. The number of likely N-dealkylation sites (N-methyl/N-ethyl adjacent to an activating group) is 1. The van der Waals surface area contributed by atoms with E-state index in [1.165, 1.54) is 17.5 Å². The van der Waals surface area contributed by atoms with Crippen LogP contribution in [0, 0.1) is 0 Å². The predicted molar refractivity (Wildman–Crippen MR) is 64.7 cm³/mol. The molecule has 0 spiro atoms. The average Bonchev–Trinajstić information content (AvgIpc) is 2.72. The molecule has 0 aromatic heterocycles. The zero-order chi connectivity index (χ0) is 10.3. The second-order valence-corrected chi connectivity index (χ2v) is 4.20. The van der Waals surface area contributed by atoms with Gasteiger partial charge in [-0.25, -0.2) is 0 Å². The van der Waals surface area contributed by atoms with E-state index in [2.05, 4.69) is 17.4 Å². The van der Waals surface area contributed by atoms with Gasteiger partial charge in [-0.2, -0.15) is 0 Å². The number of hydrogen-bond acceptors (Lipinski definition) is 3. The third kappa shape index (κ3) is 1.85. The topological polar surface area (TPSA) is 30.5 Å². The summed E-state index contributed by atoms with van der Waals surface area (Å²) >= 11 is 0. The van der Waals surface area contributed by atoms with Gasteiger partial charge in [-0.15, -0.1) is 12.4 Å². The highest BCUT2D eigenvalue weighted by atomic mass is 35.5. The van der Waals surface area contributed by atoms with Crippen LogP contribution in [0.3, 0.4) is 0 Å². The molecule has 88 valence electrons. The van der Waals surface area contributed by atoms with Crippen LogP contribution in [-0.4, -0.2) is 19.9 Å². The lowest BCUT2D eigenvalue weighted by atomic mass is 9.88. The number of nitrogens with one attached hydrogen (secondary N) is 1. The van der Waals surface area contributed by atoms with Gasteiger partial charge in [0.05, 0.1) is 0 Å². The maximum Gasteiger partial charge on any atom is 0.231 e. The van der Waals surface area contributed by atoms with Crippen molar-refractivity contribution in [3.8, 4) is 11.5 Å². The van der Waals surface area contributed by atoms with Gasteiger partial charge in [0.15, 0.2) is 11.5 Å². The molecule has 1 atom stereocenters. The van der Waals surface area contributed by atoms with Crippen LogP contribution < -0.4 is 14.8 Å². The molecule has 2 aliphatic rings. The first-order valence-corrected chi connectivity index (χ1v) is 5.45. The summed E-state index contributed by atoms with van der Waals surface area (Å²) in [6.07, 6.45) is 3.45. The second kappa shape index (κ2) is 4.52. The number of halogens is 1. The Kier molecular flexibility index (Phi) is 3.26. The van der Waals surface area contributed by atoms with Crippen molar-refractivity contribution in [1.29, 1.82) is 0 Å². The van der Waals surface area contributed by atoms with E-state index in [0.717, 1.165) is 24.3 Å². The van der Waals surface area contributed by atoms with Crippen LogP contribution in [0.15, 0.2) is 12.1 Å². The summed E-state index contributed by atoms with van der Waals surface area (Å²) in [5.41, 5.74) is 2.83. The maximum atomic E-state index is 5.39. The zero-order valence-corrected chi connectivity index (χ0v) is 10.1. The summed E-state index contributed by atoms with van der Waals surface area (Å²) in [5.74, 6) is 1.82. The Bertz CT molecular complexity index is 395. The van der Waals surface area contributed by atoms with Gasteiger partial charge in [0.25, 0.3) is 0 Å². The molecule has 1 aromatic rings. The predicted octanol–water partition coefficient (Wildman–Crippen LogP) is 1.91. The minimum absolute atomic E-state index is 0. The lowest BCUT2D eigenvalue weighted by molar-refractivity contribution is 0.174. The van der Waals surface area contributed by atoms with Gasteiger partial charge in [-0.3, -0.25) is 0 Å². The van der Waals surface area contributed by atoms with Crippen molar-refractivity contribution in [2.75, 3.05) is 13.8 Å². The highest BCUT2D eigenvalue weighted by molar-refractivity contribution is 5.85. The zero-order valence-electron chi connectivity index (χ0n) is 9.29. The molecule has 0 amide bonds. The lowest BCUT2D eigenvalue weighted by Gasteiger charge is -2.24. The number of rotatable bonds is 1. The molecule has 1 unspecified atom stereocenters. The van der Waals surface area contributed by atoms with Crippen LogP contribution in [-0.2, 0) is 12.8 Å². The summed E-state index contributed by atoms with van der Waals surface area (Å²) in [6.45, 7) is 0.369. The fraction of sp³-hybridized carbons (Fsp3) is 0.500. The molecule has 1 heterocycles. The van der Waals surface area contributed by atoms with E-state index < -0.39 is 0 Å². The van der Waals surface area contributed by atoms with Crippen LogP contribution in [0.5, 0.6) is 11.5 Å². The van der Waals surface area contributed by atoms with E-state index in [0.29, 0.717) is 12.8 Å². The Balaban J connectivity index is 0.000000963. The van der Waals surface area contributed by atoms with Crippen LogP contribution in [0.1, 0.15) is 17.5 Å². The molecule has 3 rings (SSSR count). The minimum atomic E-state index is 0. The van der Waals surface area contributed by atoms with Gasteiger partial charge in [0, 0.05) is 6.04 Å². The molecule has 1 aromatic carbocycles. The van der Waals surface area contributed by atoms with Crippen molar-refractivity contribution in [3.05, 3.63) is 23.3 Å². The van der Waals surface area contributed by atoms with Crippen molar-refractivity contribution in [1.82, 2.24) is 5.32 Å². The highest BCUT2D eigenvalue weighted by Gasteiger charge is 2.22. The van der Waals surface area contributed by atoms with Crippen molar-refractivity contribution in [3.63, 3.8) is 0 Å². The number of hydrogen-bond donors (Lipinski definition) is 1. The standard InChI is InChI=1S/C12H15NO2.ClH/c1-13-10-3-2-8-5-11-12(15-7-14-11)6-9(8)4-10;/h5-6,10,13H,2-4,7H2,1H3;1H. The molecule has 3 nitrogen and oxygen atoms in total. The fourth-order valence-electron chi connectivity index (χ4n) is 2.39. The normalized spacial score (nSPS) is 21.2. The number of aryl methyl sites for hydroxylation is 1. The Hall–Kier alpha value is -0.930. The van der Waals surface area contributed by atoms with Crippen LogP contribution in [0.4, 0.5) is 0 Å². The Morgan fingerprint density at radius 3 is 2.56 bits per heavy atom. The third-order valence-corrected chi connectivity index (χ3v) is 3.33. The molecular formula is C12H16ClNO2. The van der Waals surface area contributed by atoms with Gasteiger partial charge in [0.1, 0.15) is 0 Å². The van der Waals surface area contributed by atoms with Crippen LogP contribution in [0.25, 0.3) is 0 Å². The molecule has 1 N–H and O–H groups in total. The third-order valence-electron chi connectivity index (χ3n) is 3.33. The monoisotopic (exact) mass is 241 g/mol. The average molecular weight is 242 g/mol. The Morgan fingerprint density at radius 2 is 1.88 bits per heavy atom. The summed E-state index contributed by atoms with van der Waals surface area (Å²) in [4.78, 5) is 0. The van der Waals surface area contributed by atoms with Gasteiger partial charge < -0.3 is 14.8 Å². The largest absolute Gasteiger partial charge is 0.454 e. The molecule has 0 radical (unpaired) electrons. The number of ether oxygens (including phenoxy) is 2. The quantitative estimate of drug-likeness (QED) is 0.815. The minimum Gasteiger partial charge on any atom is -0.454 e. The molecule has 0 bridgehead atoms. The summed E-state index contributed by atoms with van der Waals surface area (Å²) < 4.78 is 10.8. The summed E-state index contributed by atoms with van der Waals surface area (Å²) in [5, 5.41) is 3.34. The first kappa shape index (κ1) is 11.6. The molecule has 1 aliphatic carbocycles. The molecule has 0 saturated carbocycles. The van der Waals surface area contributed by atoms with Gasteiger partial charge in [0.2, 0.25) is 6.79 Å². The van der Waals surface area contributed by atoms with Crippen molar-refractivity contribution in [2.24, 2.45) is 0 Å². The highest BCUT2D eigenvalue weighted by Crippen LogP contribution is 2.37. The molecule has 16 heavy (non-hydrogen) atoms. The fourth-order valence-corrected chi connectivity index (χ4v) is 2.39.